The van der Waals surface area contributed by atoms with Crippen LogP contribution in [-0.4, -0.2) is 35.6 Å². The number of Topliss-reactive ketones (excluding diaryl/α,β-unsaturated/α-hetero) is 1. The number of carbonyl (C=O) groups excluding carboxylic acids is 1. The van der Waals surface area contributed by atoms with E-state index in [4.69, 9.17) is 0 Å². The van der Waals surface area contributed by atoms with Crippen LogP contribution in [0, 0.1) is 10.1 Å². The standard InChI is InChI=1S/C17H15N5O5S/c1-9(23)8-28-15-12-14(20(2)17(25)21(3)16(12)24)18-13(19-15)10-5-4-6-11(7-10)22(26)27/h4-7H,8H2,1-3H3. The van der Waals surface area contributed by atoms with Crippen molar-refractivity contribution in [3.8, 4) is 11.4 Å². The summed E-state index contributed by atoms with van der Waals surface area (Å²) in [6, 6.07) is 5.72. The summed E-state index contributed by atoms with van der Waals surface area (Å²) in [5.74, 6) is 0.0766. The van der Waals surface area contributed by atoms with Crippen molar-refractivity contribution in [1.82, 2.24) is 19.1 Å². The lowest BCUT2D eigenvalue weighted by Crippen LogP contribution is -2.37. The summed E-state index contributed by atoms with van der Waals surface area (Å²) < 4.78 is 2.15. The Kier molecular flexibility index (Phi) is 5.10. The Hall–Kier alpha value is -3.34. The van der Waals surface area contributed by atoms with E-state index in [1.54, 1.807) is 6.07 Å². The van der Waals surface area contributed by atoms with Crippen LogP contribution in [0.4, 0.5) is 5.69 Å². The number of aromatic nitrogens is 4. The lowest BCUT2D eigenvalue weighted by molar-refractivity contribution is -0.384. The summed E-state index contributed by atoms with van der Waals surface area (Å²) in [5, 5.41) is 11.4. The molecule has 2 heterocycles. The van der Waals surface area contributed by atoms with Gasteiger partial charge in [-0.25, -0.2) is 14.8 Å². The highest BCUT2D eigenvalue weighted by Gasteiger charge is 2.19. The van der Waals surface area contributed by atoms with Crippen molar-refractivity contribution in [3.63, 3.8) is 0 Å². The highest BCUT2D eigenvalue weighted by molar-refractivity contribution is 8.00. The molecule has 0 radical (unpaired) electrons. The number of fused-ring (bicyclic) bond motifs is 1. The Morgan fingerprint density at radius 1 is 1.21 bits per heavy atom. The first kappa shape index (κ1) is 19.4. The van der Waals surface area contributed by atoms with Gasteiger partial charge in [0.1, 0.15) is 16.2 Å². The van der Waals surface area contributed by atoms with Gasteiger partial charge in [-0.15, -0.1) is 0 Å². The molecule has 0 amide bonds. The monoisotopic (exact) mass is 401 g/mol. The van der Waals surface area contributed by atoms with E-state index in [1.807, 2.05) is 0 Å². The first-order valence-electron chi connectivity index (χ1n) is 8.05. The molecule has 2 aromatic heterocycles. The number of nitro benzene ring substituents is 1. The smallest absolute Gasteiger partial charge is 0.299 e. The van der Waals surface area contributed by atoms with Crippen molar-refractivity contribution in [2.24, 2.45) is 14.1 Å². The molecule has 0 saturated carbocycles. The lowest BCUT2D eigenvalue weighted by Gasteiger charge is -2.11. The first-order valence-corrected chi connectivity index (χ1v) is 9.04. The zero-order chi connectivity index (χ0) is 20.6. The van der Waals surface area contributed by atoms with Crippen LogP contribution in [0.15, 0.2) is 38.9 Å². The topological polar surface area (TPSA) is 130 Å². The van der Waals surface area contributed by atoms with E-state index in [9.17, 15) is 24.5 Å². The highest BCUT2D eigenvalue weighted by atomic mass is 32.2. The molecular weight excluding hydrogens is 386 g/mol. The first-order chi connectivity index (χ1) is 13.2. The molecule has 0 saturated heterocycles. The van der Waals surface area contributed by atoms with Crippen LogP contribution < -0.4 is 11.2 Å². The second kappa shape index (κ2) is 7.35. The maximum absolute atomic E-state index is 12.6. The Bertz CT molecular complexity index is 1250. The molecule has 10 nitrogen and oxygen atoms in total. The van der Waals surface area contributed by atoms with Crippen LogP contribution in [0.5, 0.6) is 0 Å². The Morgan fingerprint density at radius 3 is 2.57 bits per heavy atom. The highest BCUT2D eigenvalue weighted by Crippen LogP contribution is 2.27. The van der Waals surface area contributed by atoms with Crippen molar-refractivity contribution in [2.75, 3.05) is 5.75 Å². The predicted octanol–water partition coefficient (Wildman–Crippen LogP) is 1.28. The molecule has 0 N–H and O–H groups in total. The molecule has 0 bridgehead atoms. The largest absolute Gasteiger partial charge is 0.332 e. The summed E-state index contributed by atoms with van der Waals surface area (Å²) in [5.41, 5.74) is -0.833. The van der Waals surface area contributed by atoms with Gasteiger partial charge in [-0.1, -0.05) is 23.9 Å². The molecule has 0 spiro atoms. The molecule has 11 heteroatoms. The van der Waals surface area contributed by atoms with Gasteiger partial charge in [0.05, 0.1) is 10.7 Å². The van der Waals surface area contributed by atoms with Gasteiger partial charge in [0.2, 0.25) is 0 Å². The number of carbonyl (C=O) groups is 1. The van der Waals surface area contributed by atoms with Crippen molar-refractivity contribution in [2.45, 2.75) is 11.9 Å². The summed E-state index contributed by atoms with van der Waals surface area (Å²) in [6.07, 6.45) is 0. The molecule has 0 aliphatic rings. The fourth-order valence-corrected chi connectivity index (χ4v) is 3.40. The quantitative estimate of drug-likeness (QED) is 0.270. The number of nitro groups is 1. The van der Waals surface area contributed by atoms with E-state index in [2.05, 4.69) is 9.97 Å². The number of benzene rings is 1. The van der Waals surface area contributed by atoms with Crippen LogP contribution in [0.2, 0.25) is 0 Å². The summed E-state index contributed by atoms with van der Waals surface area (Å²) in [7, 11) is 2.81. The minimum absolute atomic E-state index is 0.0759. The summed E-state index contributed by atoms with van der Waals surface area (Å²) >= 11 is 1.05. The molecule has 3 aromatic rings. The van der Waals surface area contributed by atoms with Crippen LogP contribution in [0.25, 0.3) is 22.4 Å². The number of ketones is 1. The van der Waals surface area contributed by atoms with Crippen LogP contribution in [-0.2, 0) is 18.9 Å². The van der Waals surface area contributed by atoms with Gasteiger partial charge in [0, 0.05) is 31.8 Å². The van der Waals surface area contributed by atoms with E-state index < -0.39 is 16.2 Å². The fraction of sp³-hybridized carbons (Fsp3) is 0.235. The van der Waals surface area contributed by atoms with Gasteiger partial charge in [-0.05, 0) is 6.92 Å². The molecule has 3 rings (SSSR count). The molecule has 1 aromatic carbocycles. The fourth-order valence-electron chi connectivity index (χ4n) is 2.59. The molecule has 0 fully saturated rings. The molecular formula is C17H15N5O5S. The zero-order valence-electron chi connectivity index (χ0n) is 15.2. The van der Waals surface area contributed by atoms with Gasteiger partial charge in [-0.2, -0.15) is 0 Å². The third-order valence-corrected chi connectivity index (χ3v) is 5.11. The molecule has 0 unspecified atom stereocenters. The Morgan fingerprint density at radius 2 is 1.93 bits per heavy atom. The second-order valence-electron chi connectivity index (χ2n) is 6.05. The van der Waals surface area contributed by atoms with E-state index in [1.165, 1.54) is 43.8 Å². The summed E-state index contributed by atoms with van der Waals surface area (Å²) in [6.45, 7) is 1.41. The van der Waals surface area contributed by atoms with Gasteiger partial charge >= 0.3 is 5.69 Å². The van der Waals surface area contributed by atoms with E-state index >= 15 is 0 Å². The van der Waals surface area contributed by atoms with E-state index in [-0.39, 0.29) is 39.1 Å². The molecule has 0 atom stereocenters. The van der Waals surface area contributed by atoms with E-state index in [0.29, 0.717) is 5.56 Å². The SMILES string of the molecule is CC(=O)CSc1nc(-c2cccc([N+](=O)[O-])c2)nc2c1c(=O)n(C)c(=O)n2C. The van der Waals surface area contributed by atoms with Gasteiger partial charge in [0.15, 0.2) is 11.5 Å². The third kappa shape index (κ3) is 3.43. The van der Waals surface area contributed by atoms with Crippen molar-refractivity contribution < 1.29 is 9.72 Å². The number of hydrogen-bond donors (Lipinski definition) is 0. The maximum atomic E-state index is 12.6. The minimum atomic E-state index is -0.574. The number of nitrogens with zero attached hydrogens (tertiary/aromatic N) is 5. The molecule has 0 aliphatic heterocycles. The number of non-ortho nitro benzene ring substituents is 1. The number of rotatable bonds is 5. The number of thioether (sulfide) groups is 1. The normalized spacial score (nSPS) is 11.0. The van der Waals surface area contributed by atoms with Gasteiger partial charge < -0.3 is 0 Å². The van der Waals surface area contributed by atoms with Crippen LogP contribution in [0.1, 0.15) is 6.92 Å². The Labute approximate surface area is 162 Å². The maximum Gasteiger partial charge on any atom is 0.332 e. The number of aryl methyl sites for hydroxylation is 1. The lowest BCUT2D eigenvalue weighted by atomic mass is 10.2. The molecule has 28 heavy (non-hydrogen) atoms. The molecule has 144 valence electrons. The van der Waals surface area contributed by atoms with E-state index in [0.717, 1.165) is 16.3 Å². The van der Waals surface area contributed by atoms with Crippen molar-refractivity contribution >= 4 is 34.3 Å². The third-order valence-electron chi connectivity index (χ3n) is 3.99. The average molecular weight is 401 g/mol. The number of hydrogen-bond acceptors (Lipinski definition) is 8. The minimum Gasteiger partial charge on any atom is -0.299 e. The zero-order valence-corrected chi connectivity index (χ0v) is 16.0. The van der Waals surface area contributed by atoms with Crippen molar-refractivity contribution in [3.05, 3.63) is 55.2 Å². The average Bonchev–Trinajstić information content (AvgIpc) is 2.68. The van der Waals surface area contributed by atoms with Gasteiger partial charge in [0.25, 0.3) is 11.2 Å². The predicted molar refractivity (Wildman–Crippen MR) is 104 cm³/mol. The van der Waals surface area contributed by atoms with Crippen LogP contribution in [0.3, 0.4) is 0 Å². The van der Waals surface area contributed by atoms with Gasteiger partial charge in [-0.3, -0.25) is 28.8 Å². The molecule has 0 aliphatic carbocycles. The second-order valence-corrected chi connectivity index (χ2v) is 7.02. The Balaban J connectivity index is 2.36. The van der Waals surface area contributed by atoms with Crippen LogP contribution >= 0.6 is 11.8 Å². The summed E-state index contributed by atoms with van der Waals surface area (Å²) in [4.78, 5) is 55.5. The van der Waals surface area contributed by atoms with Crippen molar-refractivity contribution in [1.29, 1.82) is 0 Å².